The van der Waals surface area contributed by atoms with Crippen LogP contribution < -0.4 is 15.8 Å². The van der Waals surface area contributed by atoms with Crippen molar-refractivity contribution in [3.05, 3.63) is 52.0 Å². The van der Waals surface area contributed by atoms with Gasteiger partial charge < -0.3 is 35.1 Å². The lowest BCUT2D eigenvalue weighted by Crippen LogP contribution is -2.50. The monoisotopic (exact) mass is 612 g/mol. The van der Waals surface area contributed by atoms with E-state index in [2.05, 4.69) is 5.32 Å². The first-order chi connectivity index (χ1) is 19.9. The Morgan fingerprint density at radius 2 is 1.88 bits per heavy atom. The van der Waals surface area contributed by atoms with Gasteiger partial charge >= 0.3 is 24.3 Å². The number of likely N-dealkylation sites (tertiary alicyclic amines) is 1. The molecule has 1 fully saturated rings. The number of nitrogens with two attached hydrogens (primary N) is 1. The number of fused-ring (bicyclic) bond motifs is 1. The number of esters is 1. The molecule has 1 atom stereocenters. The van der Waals surface area contributed by atoms with Crippen molar-refractivity contribution in [1.82, 2.24) is 9.80 Å². The third-order valence-electron chi connectivity index (χ3n) is 7.31. The van der Waals surface area contributed by atoms with Crippen molar-refractivity contribution in [3.63, 3.8) is 0 Å². The van der Waals surface area contributed by atoms with Gasteiger partial charge in [-0.25, -0.2) is 14.4 Å². The van der Waals surface area contributed by atoms with Crippen LogP contribution in [0.15, 0.2) is 30.3 Å². The third kappa shape index (κ3) is 7.12. The zero-order valence-corrected chi connectivity index (χ0v) is 23.9. The maximum Gasteiger partial charge on any atom is 0.418 e. The number of urea groups is 1. The molecule has 228 valence electrons. The Balaban J connectivity index is 1.39. The van der Waals surface area contributed by atoms with E-state index in [9.17, 15) is 27.6 Å². The minimum Gasteiger partial charge on any atom is -0.497 e. The van der Waals surface area contributed by atoms with E-state index in [1.54, 1.807) is 31.1 Å². The van der Waals surface area contributed by atoms with Crippen LogP contribution in [-0.2, 0) is 33.3 Å². The molecule has 1 unspecified atom stereocenters. The number of rotatable bonds is 7. The summed E-state index contributed by atoms with van der Waals surface area (Å²) in [6.07, 6.45) is -5.94. The first-order valence-electron chi connectivity index (χ1n) is 13.4. The minimum atomic E-state index is -4.77. The van der Waals surface area contributed by atoms with Gasteiger partial charge in [-0.3, -0.25) is 0 Å². The van der Waals surface area contributed by atoms with E-state index in [0.29, 0.717) is 31.6 Å². The second-order valence-corrected chi connectivity index (χ2v) is 10.4. The van der Waals surface area contributed by atoms with E-state index >= 15 is 0 Å². The summed E-state index contributed by atoms with van der Waals surface area (Å²) < 4.78 is 56.0. The summed E-state index contributed by atoms with van der Waals surface area (Å²) in [5, 5.41) is 2.60. The molecule has 4 rings (SSSR count). The fourth-order valence-corrected chi connectivity index (χ4v) is 5.35. The molecule has 2 aliphatic rings. The number of nitrogens with one attached hydrogen (secondary N) is 1. The molecule has 0 saturated carbocycles. The number of methoxy groups -OCH3 is 1. The number of ether oxygens (including phenoxy) is 3. The Morgan fingerprint density at radius 3 is 2.52 bits per heavy atom. The lowest BCUT2D eigenvalue weighted by Gasteiger charge is -2.37. The van der Waals surface area contributed by atoms with E-state index in [1.165, 1.54) is 11.0 Å². The van der Waals surface area contributed by atoms with Crippen molar-refractivity contribution in [3.8, 4) is 5.75 Å². The highest BCUT2D eigenvalue weighted by Crippen LogP contribution is 2.38. The molecule has 2 aromatic rings. The van der Waals surface area contributed by atoms with Gasteiger partial charge in [-0.05, 0) is 67.6 Å². The molecular formula is C28H32ClF3N4O6. The lowest BCUT2D eigenvalue weighted by molar-refractivity contribution is -0.153. The van der Waals surface area contributed by atoms with Crippen molar-refractivity contribution >= 4 is 41.1 Å². The number of carbonyl (C=O) groups excluding carboxylic acids is 3. The van der Waals surface area contributed by atoms with Gasteiger partial charge in [0.25, 0.3) is 0 Å². The zero-order valence-electron chi connectivity index (χ0n) is 23.1. The number of anilines is 2. The quantitative estimate of drug-likeness (QED) is 0.329. The highest BCUT2D eigenvalue weighted by Gasteiger charge is 2.36. The fourth-order valence-electron chi connectivity index (χ4n) is 5.11. The zero-order chi connectivity index (χ0) is 30.6. The van der Waals surface area contributed by atoms with Crippen LogP contribution in [0.3, 0.4) is 0 Å². The Morgan fingerprint density at radius 1 is 1.17 bits per heavy atom. The Kier molecular flexibility index (Phi) is 9.60. The predicted octanol–water partition coefficient (Wildman–Crippen LogP) is 5.12. The summed E-state index contributed by atoms with van der Waals surface area (Å²) in [5.74, 6) is -0.204. The molecule has 3 amide bonds. The van der Waals surface area contributed by atoms with E-state index < -0.39 is 42.0 Å². The van der Waals surface area contributed by atoms with Gasteiger partial charge in [0, 0.05) is 37.8 Å². The van der Waals surface area contributed by atoms with Crippen molar-refractivity contribution < 1.29 is 41.8 Å². The minimum absolute atomic E-state index is 0.00289. The number of amides is 3. The number of halogens is 4. The largest absolute Gasteiger partial charge is 0.497 e. The summed E-state index contributed by atoms with van der Waals surface area (Å²) in [6, 6.07) is 7.06. The van der Waals surface area contributed by atoms with Crippen molar-refractivity contribution in [2.24, 2.45) is 0 Å². The van der Waals surface area contributed by atoms with Crippen molar-refractivity contribution in [2.75, 3.05) is 44.4 Å². The normalized spacial score (nSPS) is 16.7. The van der Waals surface area contributed by atoms with Gasteiger partial charge in [0.05, 0.1) is 30.0 Å². The maximum atomic E-state index is 13.4. The van der Waals surface area contributed by atoms with Crippen molar-refractivity contribution in [1.29, 1.82) is 0 Å². The smallest absolute Gasteiger partial charge is 0.418 e. The summed E-state index contributed by atoms with van der Waals surface area (Å²) >= 11 is 5.92. The SMILES string of the molecule is CCOC(=O)C(Cc1cc(Cl)c(N)c(C(F)(F)F)c1)OC(=O)N1CCC(N2CCc3cc(OC)ccc3NC2=O)CC1. The van der Waals surface area contributed by atoms with Gasteiger partial charge in [-0.2, -0.15) is 13.2 Å². The van der Waals surface area contributed by atoms with Crippen LogP contribution in [0, 0.1) is 0 Å². The molecule has 0 radical (unpaired) electrons. The van der Waals surface area contributed by atoms with E-state index in [1.807, 2.05) is 6.07 Å². The molecule has 14 heteroatoms. The number of piperidine rings is 1. The number of alkyl halides is 3. The molecule has 0 spiro atoms. The van der Waals surface area contributed by atoms with Crippen molar-refractivity contribution in [2.45, 2.75) is 50.9 Å². The van der Waals surface area contributed by atoms with Crippen LogP contribution in [0.25, 0.3) is 0 Å². The van der Waals surface area contributed by atoms with Crippen LogP contribution in [-0.4, -0.2) is 73.4 Å². The van der Waals surface area contributed by atoms with Crippen LogP contribution in [0.1, 0.15) is 36.5 Å². The number of benzene rings is 2. The Bertz CT molecular complexity index is 1330. The molecular weight excluding hydrogens is 581 g/mol. The molecule has 3 N–H and O–H groups in total. The average Bonchev–Trinajstić information content (AvgIpc) is 3.11. The van der Waals surface area contributed by atoms with E-state index in [4.69, 9.17) is 31.5 Å². The Hall–Kier alpha value is -3.87. The molecule has 2 heterocycles. The van der Waals surface area contributed by atoms with E-state index in [0.717, 1.165) is 17.3 Å². The summed E-state index contributed by atoms with van der Waals surface area (Å²) in [5.41, 5.74) is 5.39. The topological polar surface area (TPSA) is 123 Å². The van der Waals surface area contributed by atoms with E-state index in [-0.39, 0.29) is 42.4 Å². The second-order valence-electron chi connectivity index (χ2n) is 9.98. The number of nitrogen functional groups attached to an aromatic ring is 1. The van der Waals surface area contributed by atoms with Crippen LogP contribution in [0.5, 0.6) is 5.75 Å². The average molecular weight is 613 g/mol. The van der Waals surface area contributed by atoms with Gasteiger partial charge in [0.15, 0.2) is 0 Å². The van der Waals surface area contributed by atoms with Gasteiger partial charge in [-0.15, -0.1) is 0 Å². The fraction of sp³-hybridized carbons (Fsp3) is 0.464. The summed E-state index contributed by atoms with van der Waals surface area (Å²) in [7, 11) is 1.58. The molecule has 0 aromatic heterocycles. The predicted molar refractivity (Wildman–Crippen MR) is 148 cm³/mol. The molecule has 0 bridgehead atoms. The van der Waals surface area contributed by atoms with Crippen LogP contribution in [0.2, 0.25) is 5.02 Å². The standard InChI is InChI=1S/C28H32ClF3N4O6/c1-3-41-25(37)23(14-16-12-20(28(30,31)32)24(33)21(29)13-16)42-27(39)35-9-7-18(8-10-35)36-11-6-17-15-19(40-2)4-5-22(17)34-26(36)38/h4-5,12-13,15,18,23H,3,6-11,14,33H2,1-2H3,(H,34,38). The first kappa shape index (κ1) is 31.1. The molecule has 2 aliphatic heterocycles. The van der Waals surface area contributed by atoms with Crippen LogP contribution in [0.4, 0.5) is 34.1 Å². The van der Waals surface area contributed by atoms with Crippen LogP contribution >= 0.6 is 11.6 Å². The molecule has 10 nitrogen and oxygen atoms in total. The van der Waals surface area contributed by atoms with Gasteiger partial charge in [0.1, 0.15) is 5.75 Å². The summed E-state index contributed by atoms with van der Waals surface area (Å²) in [4.78, 5) is 41.8. The summed E-state index contributed by atoms with van der Waals surface area (Å²) in [6.45, 7) is 2.50. The Labute approximate surface area is 245 Å². The number of hydrogen-bond acceptors (Lipinski definition) is 7. The number of hydrogen-bond donors (Lipinski definition) is 2. The third-order valence-corrected chi connectivity index (χ3v) is 7.62. The highest BCUT2D eigenvalue weighted by atomic mass is 35.5. The van der Waals surface area contributed by atoms with Gasteiger partial charge in [-0.1, -0.05) is 11.6 Å². The molecule has 42 heavy (non-hydrogen) atoms. The number of carbonyl (C=O) groups is 3. The number of nitrogens with zero attached hydrogens (tertiary/aromatic N) is 2. The lowest BCUT2D eigenvalue weighted by atomic mass is 10.0. The maximum absolute atomic E-state index is 13.4. The highest BCUT2D eigenvalue weighted by molar-refractivity contribution is 6.33. The first-order valence-corrected chi connectivity index (χ1v) is 13.8. The molecule has 0 aliphatic carbocycles. The molecule has 2 aromatic carbocycles. The van der Waals surface area contributed by atoms with Gasteiger partial charge in [0.2, 0.25) is 6.10 Å². The second kappa shape index (κ2) is 13.0. The molecule has 1 saturated heterocycles.